The number of hydrogen-bond acceptors (Lipinski definition) is 7. The van der Waals surface area contributed by atoms with Crippen LogP contribution in [0.2, 0.25) is 0 Å². The molecule has 1 saturated heterocycles. The Morgan fingerprint density at radius 3 is 2.69 bits per heavy atom. The van der Waals surface area contributed by atoms with Gasteiger partial charge in [-0.05, 0) is 36.4 Å². The number of aromatic nitrogens is 2. The van der Waals surface area contributed by atoms with E-state index in [9.17, 15) is 22.8 Å². The monoisotopic (exact) mass is 465 g/mol. The number of likely N-dealkylation sites (tertiary alicyclic amines) is 1. The number of thiophene rings is 1. The van der Waals surface area contributed by atoms with Gasteiger partial charge < -0.3 is 14.2 Å². The molecule has 0 N–H and O–H groups in total. The molecule has 1 unspecified atom stereocenters. The van der Waals surface area contributed by atoms with Gasteiger partial charge in [0, 0.05) is 18.7 Å². The van der Waals surface area contributed by atoms with Gasteiger partial charge >= 0.3 is 12.1 Å². The number of piperidine rings is 1. The van der Waals surface area contributed by atoms with E-state index in [2.05, 4.69) is 10.1 Å². The maximum atomic E-state index is 12.7. The second-order valence-corrected chi connectivity index (χ2v) is 8.21. The van der Waals surface area contributed by atoms with E-state index in [4.69, 9.17) is 9.26 Å². The van der Waals surface area contributed by atoms with E-state index >= 15 is 0 Å². The molecule has 0 radical (unpaired) electrons. The van der Waals surface area contributed by atoms with Crippen molar-refractivity contribution in [3.8, 4) is 11.4 Å². The smallest absolute Gasteiger partial charge is 0.416 e. The van der Waals surface area contributed by atoms with Gasteiger partial charge in [-0.3, -0.25) is 9.59 Å². The van der Waals surface area contributed by atoms with Crippen molar-refractivity contribution < 1.29 is 32.0 Å². The molecule has 0 bridgehead atoms. The number of benzene rings is 1. The molecule has 3 aromatic rings. The molecule has 0 saturated carbocycles. The number of carbonyl (C=O) groups is 2. The summed E-state index contributed by atoms with van der Waals surface area (Å²) < 4.78 is 48.3. The number of hydrogen-bond donors (Lipinski definition) is 0. The third kappa shape index (κ3) is 4.98. The third-order valence-electron chi connectivity index (χ3n) is 5.05. The number of nitrogens with zero attached hydrogens (tertiary/aromatic N) is 3. The van der Waals surface area contributed by atoms with Crippen LogP contribution in [0.4, 0.5) is 13.2 Å². The van der Waals surface area contributed by atoms with Crippen molar-refractivity contribution >= 4 is 23.2 Å². The fourth-order valence-electron chi connectivity index (χ4n) is 3.40. The minimum Gasteiger partial charge on any atom is -0.455 e. The molecular formula is C21H18F3N3O4S. The van der Waals surface area contributed by atoms with Gasteiger partial charge in [0.15, 0.2) is 6.61 Å². The van der Waals surface area contributed by atoms with Gasteiger partial charge in [0.2, 0.25) is 5.82 Å². The minimum absolute atomic E-state index is 0.0237. The van der Waals surface area contributed by atoms with Crippen LogP contribution in [0.5, 0.6) is 0 Å². The van der Waals surface area contributed by atoms with Crippen molar-refractivity contribution in [3.05, 3.63) is 58.1 Å². The van der Waals surface area contributed by atoms with Crippen molar-refractivity contribution in [2.45, 2.75) is 25.6 Å². The summed E-state index contributed by atoms with van der Waals surface area (Å²) in [5.74, 6) is -0.908. The SMILES string of the molecule is O=C(OCc1nc(-c2ccc(C(F)(F)F)cc2)no1)C1CCCN(C(=O)c2cccs2)C1. The summed E-state index contributed by atoms with van der Waals surface area (Å²) in [4.78, 5) is 31.3. The average Bonchev–Trinajstić information content (AvgIpc) is 3.49. The van der Waals surface area contributed by atoms with Crippen LogP contribution in [-0.2, 0) is 22.3 Å². The zero-order chi connectivity index (χ0) is 22.7. The highest BCUT2D eigenvalue weighted by atomic mass is 32.1. The van der Waals surface area contributed by atoms with Gasteiger partial charge in [-0.25, -0.2) is 0 Å². The first-order chi connectivity index (χ1) is 15.3. The van der Waals surface area contributed by atoms with Gasteiger partial charge in [0.05, 0.1) is 16.4 Å². The first-order valence-corrected chi connectivity index (χ1v) is 10.7. The van der Waals surface area contributed by atoms with Crippen molar-refractivity contribution in [1.29, 1.82) is 0 Å². The lowest BCUT2D eigenvalue weighted by Gasteiger charge is -2.31. The molecule has 1 fully saturated rings. The molecule has 1 aliphatic heterocycles. The van der Waals surface area contributed by atoms with Gasteiger partial charge in [0.25, 0.3) is 11.8 Å². The summed E-state index contributed by atoms with van der Waals surface area (Å²) in [5, 5.41) is 5.55. The largest absolute Gasteiger partial charge is 0.455 e. The lowest BCUT2D eigenvalue weighted by molar-refractivity contribution is -0.152. The van der Waals surface area contributed by atoms with Crippen LogP contribution in [0.15, 0.2) is 46.3 Å². The fraction of sp³-hybridized carbons (Fsp3) is 0.333. The molecule has 1 amide bonds. The molecule has 3 heterocycles. The molecular weight excluding hydrogens is 447 g/mol. The summed E-state index contributed by atoms with van der Waals surface area (Å²) in [6.07, 6.45) is -3.14. The van der Waals surface area contributed by atoms with Crippen LogP contribution in [0, 0.1) is 5.92 Å². The van der Waals surface area contributed by atoms with Gasteiger partial charge in [0.1, 0.15) is 0 Å². The maximum Gasteiger partial charge on any atom is 0.416 e. The Kier molecular flexibility index (Phi) is 6.26. The number of rotatable bonds is 5. The van der Waals surface area contributed by atoms with E-state index in [0.717, 1.165) is 12.1 Å². The molecule has 32 heavy (non-hydrogen) atoms. The molecule has 7 nitrogen and oxygen atoms in total. The number of alkyl halides is 3. The van der Waals surface area contributed by atoms with Crippen LogP contribution in [0.1, 0.15) is 34.0 Å². The van der Waals surface area contributed by atoms with Crippen molar-refractivity contribution in [2.75, 3.05) is 13.1 Å². The molecule has 1 aromatic carbocycles. The summed E-state index contributed by atoms with van der Waals surface area (Å²) >= 11 is 1.35. The summed E-state index contributed by atoms with van der Waals surface area (Å²) in [6, 6.07) is 7.89. The molecule has 2 aromatic heterocycles. The second kappa shape index (κ2) is 9.11. The van der Waals surface area contributed by atoms with E-state index in [0.29, 0.717) is 29.8 Å². The van der Waals surface area contributed by atoms with Crippen molar-refractivity contribution in [3.63, 3.8) is 0 Å². The van der Waals surface area contributed by atoms with Crippen LogP contribution in [-0.4, -0.2) is 40.0 Å². The summed E-state index contributed by atoms with van der Waals surface area (Å²) in [5.41, 5.74) is -0.438. The fourth-order valence-corrected chi connectivity index (χ4v) is 4.09. The average molecular weight is 465 g/mol. The van der Waals surface area contributed by atoms with Gasteiger partial charge in [-0.15, -0.1) is 11.3 Å². The van der Waals surface area contributed by atoms with Crippen LogP contribution in [0.25, 0.3) is 11.4 Å². The highest BCUT2D eigenvalue weighted by Gasteiger charge is 2.31. The molecule has 0 spiro atoms. The Morgan fingerprint density at radius 1 is 1.22 bits per heavy atom. The summed E-state index contributed by atoms with van der Waals surface area (Å²) in [6.45, 7) is 0.596. The Hall–Kier alpha value is -3.21. The van der Waals surface area contributed by atoms with Gasteiger partial charge in [-0.2, -0.15) is 18.2 Å². The Labute approximate surface area is 184 Å². The molecule has 1 atom stereocenters. The number of esters is 1. The normalized spacial score (nSPS) is 16.7. The molecule has 0 aliphatic carbocycles. The minimum atomic E-state index is -4.43. The van der Waals surface area contributed by atoms with E-state index in [1.54, 1.807) is 17.0 Å². The van der Waals surface area contributed by atoms with Crippen molar-refractivity contribution in [2.24, 2.45) is 5.92 Å². The number of amides is 1. The van der Waals surface area contributed by atoms with Crippen molar-refractivity contribution in [1.82, 2.24) is 15.0 Å². The standard InChI is InChI=1S/C21H18F3N3O4S/c22-21(23,24)15-7-5-13(6-8-15)18-25-17(31-26-18)12-30-20(29)14-3-1-9-27(11-14)19(28)16-4-2-10-32-16/h2,4-8,10,14H,1,3,9,11-12H2. The summed E-state index contributed by atoms with van der Waals surface area (Å²) in [7, 11) is 0. The topological polar surface area (TPSA) is 85.5 Å². The molecule has 11 heteroatoms. The first-order valence-electron chi connectivity index (χ1n) is 9.81. The molecule has 168 valence electrons. The van der Waals surface area contributed by atoms with E-state index in [1.807, 2.05) is 5.38 Å². The lowest BCUT2D eigenvalue weighted by atomic mass is 9.98. The molecule has 4 rings (SSSR count). The highest BCUT2D eigenvalue weighted by Crippen LogP contribution is 2.30. The van der Waals surface area contributed by atoms with E-state index < -0.39 is 23.6 Å². The zero-order valence-electron chi connectivity index (χ0n) is 16.7. The van der Waals surface area contributed by atoms with E-state index in [-0.39, 0.29) is 30.8 Å². The van der Waals surface area contributed by atoms with Crippen LogP contribution >= 0.6 is 11.3 Å². The number of halogens is 3. The third-order valence-corrected chi connectivity index (χ3v) is 5.91. The zero-order valence-corrected chi connectivity index (χ0v) is 17.5. The van der Waals surface area contributed by atoms with Crippen LogP contribution < -0.4 is 0 Å². The number of carbonyl (C=O) groups excluding carboxylic acids is 2. The Balaban J connectivity index is 1.32. The quantitative estimate of drug-likeness (QED) is 0.519. The van der Waals surface area contributed by atoms with E-state index in [1.165, 1.54) is 23.5 Å². The first kappa shape index (κ1) is 22.0. The Morgan fingerprint density at radius 2 is 2.00 bits per heavy atom. The van der Waals surface area contributed by atoms with Gasteiger partial charge in [-0.1, -0.05) is 23.4 Å². The highest BCUT2D eigenvalue weighted by molar-refractivity contribution is 7.12. The predicted octanol–water partition coefficient (Wildman–Crippen LogP) is 4.41. The predicted molar refractivity (Wildman–Crippen MR) is 107 cm³/mol. The Bertz CT molecular complexity index is 1080. The lowest BCUT2D eigenvalue weighted by Crippen LogP contribution is -2.42. The molecule has 1 aliphatic rings. The second-order valence-electron chi connectivity index (χ2n) is 7.26. The number of ether oxygens (including phenoxy) is 1. The maximum absolute atomic E-state index is 12.7. The van der Waals surface area contributed by atoms with Crippen LogP contribution in [0.3, 0.4) is 0 Å².